The van der Waals surface area contributed by atoms with Crippen LogP contribution in [0.3, 0.4) is 0 Å². The molecule has 2 fully saturated rings. The van der Waals surface area contributed by atoms with E-state index in [1.807, 2.05) is 30.1 Å². The number of benzene rings is 1. The molecular weight excluding hydrogens is 384 g/mol. The van der Waals surface area contributed by atoms with Gasteiger partial charge in [0.2, 0.25) is 5.91 Å². The van der Waals surface area contributed by atoms with Crippen LogP contribution in [0.2, 0.25) is 0 Å². The van der Waals surface area contributed by atoms with Crippen molar-refractivity contribution in [2.75, 3.05) is 40.9 Å². The fourth-order valence-electron chi connectivity index (χ4n) is 4.56. The van der Waals surface area contributed by atoms with Crippen molar-refractivity contribution in [1.82, 2.24) is 9.80 Å². The van der Waals surface area contributed by atoms with Crippen molar-refractivity contribution >= 4 is 17.2 Å². The van der Waals surface area contributed by atoms with Gasteiger partial charge in [0, 0.05) is 35.0 Å². The summed E-state index contributed by atoms with van der Waals surface area (Å²) in [5, 5.41) is 0. The lowest BCUT2D eigenvalue weighted by molar-refractivity contribution is -0.131. The summed E-state index contributed by atoms with van der Waals surface area (Å²) in [6, 6.07) is 10.4. The molecule has 5 nitrogen and oxygen atoms in total. The van der Waals surface area contributed by atoms with Gasteiger partial charge in [-0.05, 0) is 56.6 Å². The zero-order chi connectivity index (χ0) is 20.4. The number of likely N-dealkylation sites (tertiary alicyclic amines) is 2. The molecule has 2 aromatic rings. The number of hydrogen-bond donors (Lipinski definition) is 0. The predicted octanol–water partition coefficient (Wildman–Crippen LogP) is 4.44. The van der Waals surface area contributed by atoms with Gasteiger partial charge >= 0.3 is 0 Å². The van der Waals surface area contributed by atoms with Crippen molar-refractivity contribution in [3.8, 4) is 21.9 Å². The van der Waals surface area contributed by atoms with Crippen LogP contribution in [0.15, 0.2) is 30.3 Å². The average molecular weight is 415 g/mol. The highest BCUT2D eigenvalue weighted by atomic mass is 32.1. The first-order valence-corrected chi connectivity index (χ1v) is 11.2. The van der Waals surface area contributed by atoms with Gasteiger partial charge in [0.1, 0.15) is 11.5 Å². The molecule has 0 N–H and O–H groups in total. The highest BCUT2D eigenvalue weighted by Crippen LogP contribution is 2.43. The van der Waals surface area contributed by atoms with Gasteiger partial charge in [-0.3, -0.25) is 4.79 Å². The topological polar surface area (TPSA) is 42.0 Å². The first-order valence-electron chi connectivity index (χ1n) is 10.4. The van der Waals surface area contributed by atoms with Crippen LogP contribution in [-0.2, 0) is 4.79 Å². The number of piperidine rings is 1. The lowest BCUT2D eigenvalue weighted by atomic mass is 10.0. The molecule has 156 valence electrons. The summed E-state index contributed by atoms with van der Waals surface area (Å²) >= 11 is 1.75. The van der Waals surface area contributed by atoms with E-state index in [9.17, 15) is 4.79 Å². The summed E-state index contributed by atoms with van der Waals surface area (Å²) in [6.07, 6.45) is 4.76. The Labute approximate surface area is 177 Å². The van der Waals surface area contributed by atoms with Crippen molar-refractivity contribution in [2.24, 2.45) is 5.92 Å². The van der Waals surface area contributed by atoms with Crippen LogP contribution in [0.1, 0.15) is 36.6 Å². The Morgan fingerprint density at radius 1 is 1.07 bits per heavy atom. The SMILES string of the molecule is COc1ccc(-c2ccc(C3CC(CN4CCCCC4)C(=O)N3C)s2)c(OC)c1. The molecule has 6 heteroatoms. The number of thiophene rings is 1. The van der Waals surface area contributed by atoms with Crippen LogP contribution in [0.25, 0.3) is 10.4 Å². The maximum absolute atomic E-state index is 12.9. The molecule has 2 saturated heterocycles. The van der Waals surface area contributed by atoms with E-state index in [-0.39, 0.29) is 17.9 Å². The normalized spacial score (nSPS) is 22.9. The third kappa shape index (κ3) is 4.14. The Bertz CT molecular complexity index is 860. The highest BCUT2D eigenvalue weighted by Gasteiger charge is 2.39. The average Bonchev–Trinajstić information content (AvgIpc) is 3.34. The van der Waals surface area contributed by atoms with Gasteiger partial charge in [0.25, 0.3) is 0 Å². The molecular formula is C23H30N2O3S. The van der Waals surface area contributed by atoms with E-state index < -0.39 is 0 Å². The zero-order valence-electron chi connectivity index (χ0n) is 17.5. The predicted molar refractivity (Wildman–Crippen MR) is 117 cm³/mol. The number of ether oxygens (including phenoxy) is 2. The molecule has 0 spiro atoms. The van der Waals surface area contributed by atoms with Gasteiger partial charge < -0.3 is 19.3 Å². The molecule has 0 aliphatic carbocycles. The largest absolute Gasteiger partial charge is 0.497 e. The lowest BCUT2D eigenvalue weighted by Gasteiger charge is -2.28. The van der Waals surface area contributed by atoms with E-state index in [4.69, 9.17) is 9.47 Å². The van der Waals surface area contributed by atoms with Crippen LogP contribution in [0.5, 0.6) is 11.5 Å². The molecule has 4 rings (SSSR count). The molecule has 1 aromatic heterocycles. The quantitative estimate of drug-likeness (QED) is 0.701. The molecule has 0 radical (unpaired) electrons. The summed E-state index contributed by atoms with van der Waals surface area (Å²) in [5.41, 5.74) is 1.06. The third-order valence-electron chi connectivity index (χ3n) is 6.23. The maximum atomic E-state index is 12.9. The monoisotopic (exact) mass is 414 g/mol. The van der Waals surface area contributed by atoms with Crippen molar-refractivity contribution in [2.45, 2.75) is 31.7 Å². The van der Waals surface area contributed by atoms with Gasteiger partial charge in [0.15, 0.2) is 0 Å². The second kappa shape index (κ2) is 8.76. The van der Waals surface area contributed by atoms with Gasteiger partial charge in [-0.2, -0.15) is 0 Å². The van der Waals surface area contributed by atoms with Gasteiger partial charge in [-0.1, -0.05) is 6.42 Å². The zero-order valence-corrected chi connectivity index (χ0v) is 18.3. The van der Waals surface area contributed by atoms with Crippen molar-refractivity contribution in [3.05, 3.63) is 35.2 Å². The highest BCUT2D eigenvalue weighted by molar-refractivity contribution is 7.15. The molecule has 0 saturated carbocycles. The Kier molecular flexibility index (Phi) is 6.11. The van der Waals surface area contributed by atoms with Crippen molar-refractivity contribution < 1.29 is 14.3 Å². The second-order valence-corrected chi connectivity index (χ2v) is 9.14. The fourth-order valence-corrected chi connectivity index (χ4v) is 5.76. The third-order valence-corrected chi connectivity index (χ3v) is 7.45. The molecule has 29 heavy (non-hydrogen) atoms. The van der Waals surface area contributed by atoms with E-state index in [2.05, 4.69) is 17.0 Å². The van der Waals surface area contributed by atoms with E-state index >= 15 is 0 Å². The minimum Gasteiger partial charge on any atom is -0.497 e. The number of amides is 1. The van der Waals surface area contributed by atoms with Crippen LogP contribution < -0.4 is 9.47 Å². The van der Waals surface area contributed by atoms with Crippen molar-refractivity contribution in [3.63, 3.8) is 0 Å². The standard InChI is InChI=1S/C23H30N2O3S/c1-24-19(13-16(23(24)26)15-25-11-5-4-6-12-25)22-10-9-21(29-22)18-8-7-17(27-2)14-20(18)28-3/h7-10,14,16,19H,4-6,11-13,15H2,1-3H3. The molecule has 2 aliphatic rings. The summed E-state index contributed by atoms with van der Waals surface area (Å²) in [6.45, 7) is 3.18. The summed E-state index contributed by atoms with van der Waals surface area (Å²) < 4.78 is 10.9. The number of carbonyl (C=O) groups excluding carboxylic acids is 1. The molecule has 2 atom stereocenters. The first kappa shape index (κ1) is 20.2. The maximum Gasteiger partial charge on any atom is 0.227 e. The fraction of sp³-hybridized carbons (Fsp3) is 0.522. The van der Waals surface area contributed by atoms with E-state index in [0.717, 1.165) is 48.0 Å². The van der Waals surface area contributed by atoms with Crippen LogP contribution in [0, 0.1) is 5.92 Å². The summed E-state index contributed by atoms with van der Waals surface area (Å²) in [7, 11) is 5.29. The minimum atomic E-state index is 0.115. The van der Waals surface area contributed by atoms with E-state index in [1.165, 1.54) is 24.1 Å². The Morgan fingerprint density at radius 2 is 1.86 bits per heavy atom. The van der Waals surface area contributed by atoms with Crippen LogP contribution >= 0.6 is 11.3 Å². The number of nitrogens with zero attached hydrogens (tertiary/aromatic N) is 2. The lowest BCUT2D eigenvalue weighted by Crippen LogP contribution is -2.36. The Hall–Kier alpha value is -2.05. The van der Waals surface area contributed by atoms with Gasteiger partial charge in [-0.25, -0.2) is 0 Å². The van der Waals surface area contributed by atoms with Gasteiger partial charge in [0.05, 0.1) is 26.2 Å². The molecule has 3 heterocycles. The summed E-state index contributed by atoms with van der Waals surface area (Å²) in [4.78, 5) is 19.7. The Morgan fingerprint density at radius 3 is 2.59 bits per heavy atom. The van der Waals surface area contributed by atoms with Crippen molar-refractivity contribution in [1.29, 1.82) is 0 Å². The number of methoxy groups -OCH3 is 2. The number of rotatable bonds is 6. The molecule has 2 aliphatic heterocycles. The Balaban J connectivity index is 1.51. The molecule has 0 bridgehead atoms. The van der Waals surface area contributed by atoms with E-state index in [1.54, 1.807) is 25.6 Å². The number of carbonyl (C=O) groups is 1. The van der Waals surface area contributed by atoms with E-state index in [0.29, 0.717) is 0 Å². The van der Waals surface area contributed by atoms with Crippen LogP contribution in [-0.4, -0.2) is 56.6 Å². The smallest absolute Gasteiger partial charge is 0.227 e. The molecule has 2 unspecified atom stereocenters. The van der Waals surface area contributed by atoms with Gasteiger partial charge in [-0.15, -0.1) is 11.3 Å². The number of hydrogen-bond acceptors (Lipinski definition) is 5. The summed E-state index contributed by atoms with van der Waals surface area (Å²) in [5.74, 6) is 1.99. The second-order valence-electron chi connectivity index (χ2n) is 8.03. The molecule has 1 amide bonds. The molecule has 1 aromatic carbocycles. The minimum absolute atomic E-state index is 0.115. The first-order chi connectivity index (χ1) is 14.1. The van der Waals surface area contributed by atoms with Crippen LogP contribution in [0.4, 0.5) is 0 Å².